The maximum Gasteiger partial charge on any atom is 0.286 e. The number of hydrogen-bond donors (Lipinski definition) is 3. The average molecular weight is 536 g/mol. The summed E-state index contributed by atoms with van der Waals surface area (Å²) in [7, 11) is -7.92. The van der Waals surface area contributed by atoms with Crippen molar-refractivity contribution in [3.05, 3.63) is 42.2 Å². The van der Waals surface area contributed by atoms with Gasteiger partial charge >= 0.3 is 0 Å². The Kier molecular flexibility index (Phi) is 6.12. The summed E-state index contributed by atoms with van der Waals surface area (Å²) in [6, 6.07) is 3.94. The lowest BCUT2D eigenvalue weighted by Crippen LogP contribution is -2.61. The Balaban J connectivity index is 1.55. The SMILES string of the molecule is C=CCN(C1CCC1)N1C(=O)C(C2=NS(=O)(=O)c3cc(NS(C)(=O)=O)ccc3N2)=C(O)[C@@H]2CCC[C@@H]21. The quantitative estimate of drug-likeness (QED) is 0.451. The standard InChI is InChI=1S/C23H29N5O6S2/c1-3-12-27(15-6-4-7-15)28-18-9-5-8-16(18)21(29)20(23(28)30)22-24-17-11-10-14(25-35(2,31)32)13-19(17)36(33,34)26-22/h3,10-11,13,15-16,18,25,29H,1,4-9,12H2,2H3,(H,24,26)/t16-,18+/m1/s1. The Morgan fingerprint density at radius 2 is 2.00 bits per heavy atom. The predicted molar refractivity (Wildman–Crippen MR) is 135 cm³/mol. The van der Waals surface area contributed by atoms with Crippen molar-refractivity contribution in [2.24, 2.45) is 10.3 Å². The van der Waals surface area contributed by atoms with E-state index in [-0.39, 0.29) is 51.4 Å². The number of benzene rings is 1. The third-order valence-electron chi connectivity index (χ3n) is 7.18. The Labute approximate surface area is 210 Å². The molecule has 0 saturated heterocycles. The van der Waals surface area contributed by atoms with Crippen LogP contribution in [0.5, 0.6) is 0 Å². The molecule has 1 aromatic carbocycles. The highest BCUT2D eigenvalue weighted by atomic mass is 32.2. The number of amides is 1. The van der Waals surface area contributed by atoms with E-state index in [1.54, 1.807) is 11.1 Å². The van der Waals surface area contributed by atoms with Crippen LogP contribution in [0.2, 0.25) is 0 Å². The van der Waals surface area contributed by atoms with Crippen molar-refractivity contribution < 1.29 is 26.7 Å². The summed E-state index contributed by atoms with van der Waals surface area (Å²) < 4.78 is 55.4. The molecule has 36 heavy (non-hydrogen) atoms. The lowest BCUT2D eigenvalue weighted by molar-refractivity contribution is -0.164. The number of hydrogen-bond acceptors (Lipinski definition) is 8. The second-order valence-electron chi connectivity index (χ2n) is 9.64. The molecule has 3 N–H and O–H groups in total. The number of anilines is 2. The Morgan fingerprint density at radius 3 is 2.64 bits per heavy atom. The molecule has 0 bridgehead atoms. The number of aliphatic hydroxyl groups excluding tert-OH is 1. The summed E-state index contributed by atoms with van der Waals surface area (Å²) in [5.41, 5.74) is 0.0462. The van der Waals surface area contributed by atoms with Gasteiger partial charge in [0.2, 0.25) is 10.0 Å². The summed E-state index contributed by atoms with van der Waals surface area (Å²) in [4.78, 5) is 13.7. The molecule has 0 aromatic heterocycles. The molecular formula is C23H29N5O6S2. The van der Waals surface area contributed by atoms with E-state index in [1.165, 1.54) is 12.1 Å². The van der Waals surface area contributed by atoms with Crippen molar-refractivity contribution in [1.82, 2.24) is 10.0 Å². The van der Waals surface area contributed by atoms with Crippen LogP contribution >= 0.6 is 0 Å². The number of amidine groups is 1. The van der Waals surface area contributed by atoms with Gasteiger partial charge in [-0.1, -0.05) is 18.9 Å². The second-order valence-corrected chi connectivity index (χ2v) is 13.0. The Bertz CT molecular complexity index is 1400. The van der Waals surface area contributed by atoms with Gasteiger partial charge in [-0.25, -0.2) is 13.4 Å². The van der Waals surface area contributed by atoms with E-state index in [0.717, 1.165) is 44.4 Å². The molecule has 1 aromatic rings. The minimum Gasteiger partial charge on any atom is -0.511 e. The van der Waals surface area contributed by atoms with Crippen LogP contribution in [0.4, 0.5) is 11.4 Å². The van der Waals surface area contributed by atoms with Crippen molar-refractivity contribution in [2.45, 2.75) is 55.5 Å². The first-order chi connectivity index (χ1) is 17.0. The molecule has 4 aliphatic rings. The molecule has 0 radical (unpaired) electrons. The summed E-state index contributed by atoms with van der Waals surface area (Å²) in [6.07, 6.45) is 7.92. The predicted octanol–water partition coefficient (Wildman–Crippen LogP) is 2.35. The number of fused-ring (bicyclic) bond motifs is 2. The molecule has 0 unspecified atom stereocenters. The summed E-state index contributed by atoms with van der Waals surface area (Å²) >= 11 is 0. The average Bonchev–Trinajstić information content (AvgIpc) is 3.22. The van der Waals surface area contributed by atoms with E-state index in [0.29, 0.717) is 13.0 Å². The number of rotatable bonds is 7. The molecular weight excluding hydrogens is 506 g/mol. The molecule has 2 fully saturated rings. The molecule has 11 nitrogen and oxygen atoms in total. The van der Waals surface area contributed by atoms with Crippen molar-refractivity contribution in [3.63, 3.8) is 0 Å². The van der Waals surface area contributed by atoms with E-state index < -0.39 is 26.0 Å². The number of nitrogens with one attached hydrogen (secondary N) is 2. The molecule has 2 atom stereocenters. The fraction of sp³-hybridized carbons (Fsp3) is 0.478. The molecule has 1 amide bonds. The van der Waals surface area contributed by atoms with Gasteiger partial charge in [-0.15, -0.1) is 11.0 Å². The van der Waals surface area contributed by atoms with E-state index in [9.17, 15) is 26.7 Å². The summed E-state index contributed by atoms with van der Waals surface area (Å²) in [5.74, 6) is -1.20. The molecule has 2 aliphatic heterocycles. The minimum absolute atomic E-state index is 0.0663. The topological polar surface area (TPSA) is 148 Å². The highest BCUT2D eigenvalue weighted by Crippen LogP contribution is 2.43. The van der Waals surface area contributed by atoms with Crippen molar-refractivity contribution in [2.75, 3.05) is 22.8 Å². The van der Waals surface area contributed by atoms with Crippen molar-refractivity contribution >= 4 is 43.2 Å². The Hall–Kier alpha value is -2.90. The normalized spacial score (nSPS) is 25.6. The van der Waals surface area contributed by atoms with E-state index >= 15 is 0 Å². The van der Waals surface area contributed by atoms with Crippen molar-refractivity contribution in [1.29, 1.82) is 0 Å². The first kappa shape index (κ1) is 24.8. The third kappa shape index (κ3) is 4.28. The van der Waals surface area contributed by atoms with Crippen LogP contribution in [0.25, 0.3) is 0 Å². The van der Waals surface area contributed by atoms with Crippen LogP contribution in [0.15, 0.2) is 51.5 Å². The minimum atomic E-state index is -4.30. The molecule has 2 heterocycles. The van der Waals surface area contributed by atoms with Gasteiger partial charge in [-0.3, -0.25) is 14.5 Å². The van der Waals surface area contributed by atoms with Gasteiger partial charge in [-0.2, -0.15) is 8.42 Å². The van der Waals surface area contributed by atoms with Gasteiger partial charge in [0, 0.05) is 24.2 Å². The van der Waals surface area contributed by atoms with Crippen LogP contribution in [0, 0.1) is 5.92 Å². The molecule has 194 valence electrons. The number of aliphatic hydroxyl groups is 1. The monoisotopic (exact) mass is 535 g/mol. The fourth-order valence-corrected chi connectivity index (χ4v) is 7.12. The molecule has 2 aliphatic carbocycles. The van der Waals surface area contributed by atoms with Gasteiger partial charge in [0.15, 0.2) is 5.84 Å². The summed E-state index contributed by atoms with van der Waals surface area (Å²) in [5, 5.41) is 17.8. The van der Waals surface area contributed by atoms with Crippen LogP contribution in [0.1, 0.15) is 38.5 Å². The first-order valence-electron chi connectivity index (χ1n) is 11.9. The van der Waals surface area contributed by atoms with Crippen LogP contribution < -0.4 is 10.0 Å². The summed E-state index contributed by atoms with van der Waals surface area (Å²) in [6.45, 7) is 4.31. The van der Waals surface area contributed by atoms with Crippen LogP contribution in [-0.4, -0.2) is 68.6 Å². The maximum atomic E-state index is 13.9. The van der Waals surface area contributed by atoms with Gasteiger partial charge in [0.05, 0.1) is 18.0 Å². The van der Waals surface area contributed by atoms with Crippen molar-refractivity contribution in [3.8, 4) is 0 Å². The first-order valence-corrected chi connectivity index (χ1v) is 15.2. The van der Waals surface area contributed by atoms with E-state index in [1.807, 2.05) is 5.01 Å². The van der Waals surface area contributed by atoms with Crippen LogP contribution in [-0.2, 0) is 24.8 Å². The number of hydrazine groups is 1. The van der Waals surface area contributed by atoms with Gasteiger partial charge in [-0.05, 0) is 43.9 Å². The number of carbonyl (C=O) groups is 1. The number of carbonyl (C=O) groups excluding carboxylic acids is 1. The lowest BCUT2D eigenvalue weighted by atomic mass is 9.89. The molecule has 2 saturated carbocycles. The zero-order chi connectivity index (χ0) is 25.8. The highest BCUT2D eigenvalue weighted by molar-refractivity contribution is 7.92. The van der Waals surface area contributed by atoms with Gasteiger partial charge < -0.3 is 10.4 Å². The zero-order valence-electron chi connectivity index (χ0n) is 19.8. The largest absolute Gasteiger partial charge is 0.511 e. The van der Waals surface area contributed by atoms with E-state index in [2.05, 4.69) is 21.0 Å². The van der Waals surface area contributed by atoms with E-state index in [4.69, 9.17) is 0 Å². The zero-order valence-corrected chi connectivity index (χ0v) is 21.5. The van der Waals surface area contributed by atoms with Gasteiger partial charge in [0.1, 0.15) is 16.2 Å². The van der Waals surface area contributed by atoms with Crippen LogP contribution in [0.3, 0.4) is 0 Å². The fourth-order valence-electron chi connectivity index (χ4n) is 5.42. The van der Waals surface area contributed by atoms with Gasteiger partial charge in [0.25, 0.3) is 15.9 Å². The maximum absolute atomic E-state index is 13.9. The lowest BCUT2D eigenvalue weighted by Gasteiger charge is -2.49. The third-order valence-corrected chi connectivity index (χ3v) is 9.10. The molecule has 0 spiro atoms. The smallest absolute Gasteiger partial charge is 0.286 e. The Morgan fingerprint density at radius 1 is 1.28 bits per heavy atom. The highest BCUT2D eigenvalue weighted by Gasteiger charge is 2.50. The number of nitrogens with zero attached hydrogens (tertiary/aromatic N) is 3. The second kappa shape index (κ2) is 8.89. The molecule has 13 heteroatoms. The molecule has 5 rings (SSSR count). The number of sulfonamides is 2.